The van der Waals surface area contributed by atoms with E-state index in [4.69, 9.17) is 9.47 Å². The molecule has 2 N–H and O–H groups in total. The molecule has 0 aliphatic carbocycles. The van der Waals surface area contributed by atoms with Crippen LogP contribution < -0.4 is 9.96 Å². The van der Waals surface area contributed by atoms with Gasteiger partial charge in [-0.15, -0.1) is 0 Å². The molecular formula is C21H26BN3O4. The zero-order valence-electron chi connectivity index (χ0n) is 16.8. The lowest BCUT2D eigenvalue weighted by molar-refractivity contribution is 0.0526. The van der Waals surface area contributed by atoms with Gasteiger partial charge in [-0.25, -0.2) is 4.79 Å². The van der Waals surface area contributed by atoms with Crippen LogP contribution >= 0.6 is 0 Å². The maximum Gasteiger partial charge on any atom is 0.373 e. The van der Waals surface area contributed by atoms with E-state index in [1.807, 2.05) is 35.0 Å². The molecule has 1 heterocycles. The van der Waals surface area contributed by atoms with Crippen LogP contribution in [0.5, 0.6) is 5.75 Å². The fourth-order valence-electron chi connectivity index (χ4n) is 3.08. The number of rotatable bonds is 10. The van der Waals surface area contributed by atoms with Gasteiger partial charge in [0.15, 0.2) is 0 Å². The molecule has 0 aliphatic heterocycles. The Morgan fingerprint density at radius 2 is 2.07 bits per heavy atom. The summed E-state index contributed by atoms with van der Waals surface area (Å²) in [5.74, 6) is 0.210. The third-order valence-corrected chi connectivity index (χ3v) is 4.40. The highest BCUT2D eigenvalue weighted by Crippen LogP contribution is 2.29. The number of esters is 1. The fraction of sp³-hybridized carbons (Fsp3) is 0.333. The van der Waals surface area contributed by atoms with Crippen molar-refractivity contribution in [2.24, 2.45) is 0 Å². The van der Waals surface area contributed by atoms with Crippen molar-refractivity contribution in [3.63, 3.8) is 0 Å². The number of carbonyl (C=O) groups excluding carboxylic acids is 1. The van der Waals surface area contributed by atoms with Crippen molar-refractivity contribution < 1.29 is 19.3 Å². The Bertz CT molecular complexity index is 944. The molecule has 2 aromatic carbocycles. The molecule has 0 bridgehead atoms. The van der Waals surface area contributed by atoms with Gasteiger partial charge in [0, 0.05) is 5.39 Å². The smallest absolute Gasteiger partial charge is 0.373 e. The van der Waals surface area contributed by atoms with Crippen LogP contribution in [0.2, 0.25) is 6.82 Å². The van der Waals surface area contributed by atoms with Crippen LogP contribution in [0.25, 0.3) is 10.9 Å². The van der Waals surface area contributed by atoms with Crippen molar-refractivity contribution in [2.75, 3.05) is 19.8 Å². The van der Waals surface area contributed by atoms with Gasteiger partial charge in [-0.05, 0) is 44.4 Å². The topological polar surface area (TPSA) is 85.6 Å². The number of hydrogen-bond acceptors (Lipinski definition) is 6. The third kappa shape index (κ3) is 5.59. The highest BCUT2D eigenvalue weighted by atomic mass is 16.5. The van der Waals surface area contributed by atoms with Crippen molar-refractivity contribution >= 4 is 23.9 Å². The lowest BCUT2D eigenvalue weighted by atomic mass is 9.89. The van der Waals surface area contributed by atoms with Crippen molar-refractivity contribution in [1.29, 1.82) is 0 Å². The summed E-state index contributed by atoms with van der Waals surface area (Å²) in [5, 5.41) is 17.6. The number of ether oxygens (including phenoxy) is 2. The number of nitrogens with zero attached hydrogens (tertiary/aromatic N) is 2. The Balaban J connectivity index is 1.87. The van der Waals surface area contributed by atoms with Gasteiger partial charge in [0.2, 0.25) is 0 Å². The van der Waals surface area contributed by atoms with Crippen LogP contribution in [0.15, 0.2) is 48.7 Å². The molecule has 0 aliphatic rings. The molecule has 152 valence electrons. The first-order valence-electron chi connectivity index (χ1n) is 9.83. The molecule has 0 unspecified atom stereocenters. The molecule has 0 fully saturated rings. The Kier molecular flexibility index (Phi) is 7.27. The number of benzene rings is 2. The average Bonchev–Trinajstić information content (AvgIpc) is 3.11. The molecule has 0 spiro atoms. The van der Waals surface area contributed by atoms with E-state index in [1.54, 1.807) is 32.1 Å². The predicted molar refractivity (Wildman–Crippen MR) is 113 cm³/mol. The molecule has 1 aromatic heterocycles. The maximum atomic E-state index is 12.2. The lowest BCUT2D eigenvalue weighted by Crippen LogP contribution is -2.31. The highest BCUT2D eigenvalue weighted by Gasteiger charge is 2.16. The van der Waals surface area contributed by atoms with Crippen molar-refractivity contribution in [3.05, 3.63) is 59.8 Å². The summed E-state index contributed by atoms with van der Waals surface area (Å²) < 4.78 is 13.0. The summed E-state index contributed by atoms with van der Waals surface area (Å²) in [6, 6.07) is 13.5. The first-order valence-corrected chi connectivity index (χ1v) is 9.83. The van der Waals surface area contributed by atoms with E-state index < -0.39 is 7.05 Å². The number of nitrogens with one attached hydrogen (secondary N) is 1. The minimum Gasteiger partial charge on any atom is -0.491 e. The fourth-order valence-corrected chi connectivity index (χ4v) is 3.08. The monoisotopic (exact) mass is 395 g/mol. The summed E-state index contributed by atoms with van der Waals surface area (Å²) in [6.45, 7) is 5.43. The van der Waals surface area contributed by atoms with E-state index >= 15 is 0 Å². The molecule has 3 aromatic rings. The van der Waals surface area contributed by atoms with Gasteiger partial charge in [0.25, 0.3) is 0 Å². The second kappa shape index (κ2) is 10.1. The van der Waals surface area contributed by atoms with Crippen molar-refractivity contribution in [2.45, 2.75) is 26.7 Å². The van der Waals surface area contributed by atoms with Gasteiger partial charge in [-0.1, -0.05) is 30.3 Å². The molecule has 3 rings (SSSR count). The van der Waals surface area contributed by atoms with Gasteiger partial charge in [0.05, 0.1) is 31.5 Å². The van der Waals surface area contributed by atoms with E-state index in [2.05, 4.69) is 10.3 Å². The summed E-state index contributed by atoms with van der Waals surface area (Å²) >= 11 is 0. The minimum atomic E-state index is -0.554. The Labute approximate surface area is 170 Å². The first-order chi connectivity index (χ1) is 14.1. The number of fused-ring (bicyclic) bond motifs is 1. The Morgan fingerprint density at radius 3 is 2.79 bits per heavy atom. The third-order valence-electron chi connectivity index (χ3n) is 4.40. The molecule has 0 atom stereocenters. The summed E-state index contributed by atoms with van der Waals surface area (Å²) in [7, 11) is -0.554. The number of carbonyl (C=O) groups is 1. The summed E-state index contributed by atoms with van der Waals surface area (Å²) in [5.41, 5.74) is 2.40. The molecule has 7 nitrogen and oxygen atoms in total. The number of hydrogen-bond donors (Lipinski definition) is 2. The van der Waals surface area contributed by atoms with E-state index in [0.29, 0.717) is 44.0 Å². The summed E-state index contributed by atoms with van der Waals surface area (Å²) in [6.07, 6.45) is 2.45. The minimum absolute atomic E-state index is 0.311. The number of aromatic nitrogens is 2. The first kappa shape index (κ1) is 20.9. The standard InChI is InChI=1S/C21H26BN3O4/c1-3-28-21(26)17-12-18-14-24-25(15-16-8-5-4-6-9-16)20(18)19(13-17)29-11-7-10-23-22(2)27/h4-6,8-9,12-14,23,27H,3,7,10-11,15H2,1-2H3. The van der Waals surface area contributed by atoms with Crippen LogP contribution in [-0.2, 0) is 11.3 Å². The SMILES string of the molecule is CCOC(=O)c1cc(OCCCNB(C)O)c2c(cnn2Cc2ccccc2)c1. The second-order valence-electron chi connectivity index (χ2n) is 6.75. The van der Waals surface area contributed by atoms with Gasteiger partial charge in [-0.2, -0.15) is 5.10 Å². The molecule has 0 saturated heterocycles. The van der Waals surface area contributed by atoms with Crippen LogP contribution in [-0.4, -0.2) is 47.6 Å². The van der Waals surface area contributed by atoms with Crippen LogP contribution in [0.3, 0.4) is 0 Å². The van der Waals surface area contributed by atoms with E-state index in [0.717, 1.165) is 16.5 Å². The van der Waals surface area contributed by atoms with Gasteiger partial charge < -0.3 is 19.7 Å². The summed E-state index contributed by atoms with van der Waals surface area (Å²) in [4.78, 5) is 12.2. The molecule has 8 heteroatoms. The Hall–Kier alpha value is -2.84. The van der Waals surface area contributed by atoms with Crippen LogP contribution in [0, 0.1) is 0 Å². The molecule has 29 heavy (non-hydrogen) atoms. The molecule has 0 amide bonds. The van der Waals surface area contributed by atoms with Gasteiger partial charge in [0.1, 0.15) is 11.3 Å². The second-order valence-corrected chi connectivity index (χ2v) is 6.75. The van der Waals surface area contributed by atoms with E-state index in [-0.39, 0.29) is 5.97 Å². The van der Waals surface area contributed by atoms with Crippen molar-refractivity contribution in [1.82, 2.24) is 15.0 Å². The maximum absolute atomic E-state index is 12.2. The average molecular weight is 395 g/mol. The van der Waals surface area contributed by atoms with E-state index in [1.165, 1.54) is 0 Å². The normalized spacial score (nSPS) is 10.9. The van der Waals surface area contributed by atoms with Gasteiger partial charge in [-0.3, -0.25) is 4.68 Å². The largest absolute Gasteiger partial charge is 0.491 e. The predicted octanol–water partition coefficient (Wildman–Crippen LogP) is 2.73. The van der Waals surface area contributed by atoms with E-state index in [9.17, 15) is 9.82 Å². The highest BCUT2D eigenvalue weighted by molar-refractivity contribution is 6.45. The molecular weight excluding hydrogens is 369 g/mol. The molecule has 0 saturated carbocycles. The van der Waals surface area contributed by atoms with Crippen LogP contribution in [0.1, 0.15) is 29.3 Å². The van der Waals surface area contributed by atoms with Crippen molar-refractivity contribution in [3.8, 4) is 5.75 Å². The Morgan fingerprint density at radius 1 is 1.28 bits per heavy atom. The van der Waals surface area contributed by atoms with Crippen LogP contribution in [0.4, 0.5) is 0 Å². The lowest BCUT2D eigenvalue weighted by Gasteiger charge is -2.13. The zero-order valence-corrected chi connectivity index (χ0v) is 16.8. The quantitative estimate of drug-likeness (QED) is 0.312. The molecule has 0 radical (unpaired) electrons. The van der Waals surface area contributed by atoms with Gasteiger partial charge >= 0.3 is 13.0 Å². The zero-order chi connectivity index (χ0) is 20.6.